The molecular formula is C11H20N2O3. The number of carbonyl (C=O) groups excluding carboxylic acids is 1. The summed E-state index contributed by atoms with van der Waals surface area (Å²) in [5.41, 5.74) is 5.01. The molecule has 0 aliphatic heterocycles. The maximum absolute atomic E-state index is 11.0. The summed E-state index contributed by atoms with van der Waals surface area (Å²) in [6, 6.07) is -0.363. The number of carboxylic acids is 1. The lowest BCUT2D eigenvalue weighted by molar-refractivity contribution is -0.140. The van der Waals surface area contributed by atoms with Gasteiger partial charge in [0.1, 0.15) is 6.04 Å². The third kappa shape index (κ3) is 4.61. The Hall–Kier alpha value is -1.10. The lowest BCUT2D eigenvalue weighted by atomic mass is 9.94. The van der Waals surface area contributed by atoms with Crippen LogP contribution in [-0.2, 0) is 9.59 Å². The molecule has 92 valence electrons. The van der Waals surface area contributed by atoms with E-state index in [2.05, 4.69) is 5.32 Å². The molecule has 16 heavy (non-hydrogen) atoms. The maximum Gasteiger partial charge on any atom is 0.320 e. The second-order valence-electron chi connectivity index (χ2n) is 4.40. The molecule has 1 unspecified atom stereocenters. The van der Waals surface area contributed by atoms with Gasteiger partial charge in [0, 0.05) is 12.5 Å². The molecule has 1 aliphatic carbocycles. The van der Waals surface area contributed by atoms with Crippen LogP contribution in [0.2, 0.25) is 0 Å². The van der Waals surface area contributed by atoms with E-state index in [1.54, 1.807) is 0 Å². The zero-order valence-electron chi connectivity index (χ0n) is 9.45. The van der Waals surface area contributed by atoms with Gasteiger partial charge in [-0.15, -0.1) is 0 Å². The van der Waals surface area contributed by atoms with Crippen molar-refractivity contribution in [2.45, 2.75) is 57.0 Å². The monoisotopic (exact) mass is 228 g/mol. The molecule has 5 nitrogen and oxygen atoms in total. The first-order valence-corrected chi connectivity index (χ1v) is 5.86. The zero-order valence-corrected chi connectivity index (χ0v) is 9.45. The lowest BCUT2D eigenvalue weighted by Crippen LogP contribution is -2.44. The quantitative estimate of drug-likeness (QED) is 0.621. The summed E-state index contributed by atoms with van der Waals surface area (Å²) in [7, 11) is 0. The highest BCUT2D eigenvalue weighted by atomic mass is 16.4. The number of primary amides is 1. The average Bonchev–Trinajstić information content (AvgIpc) is 2.25. The fourth-order valence-corrected chi connectivity index (χ4v) is 2.12. The summed E-state index contributed by atoms with van der Waals surface area (Å²) < 4.78 is 0. The van der Waals surface area contributed by atoms with Gasteiger partial charge in [-0.3, -0.25) is 9.59 Å². The van der Waals surface area contributed by atoms with Gasteiger partial charge in [0.05, 0.1) is 0 Å². The van der Waals surface area contributed by atoms with E-state index < -0.39 is 17.9 Å². The molecule has 0 saturated heterocycles. The molecule has 1 saturated carbocycles. The highest BCUT2D eigenvalue weighted by Gasteiger charge is 2.22. The molecule has 0 aromatic carbocycles. The van der Waals surface area contributed by atoms with Gasteiger partial charge < -0.3 is 16.2 Å². The molecule has 0 bridgehead atoms. The van der Waals surface area contributed by atoms with Crippen molar-refractivity contribution in [1.29, 1.82) is 0 Å². The smallest absolute Gasteiger partial charge is 0.320 e. The largest absolute Gasteiger partial charge is 0.480 e. The number of aliphatic carboxylic acids is 1. The molecule has 0 spiro atoms. The van der Waals surface area contributed by atoms with Crippen LogP contribution in [0.4, 0.5) is 0 Å². The van der Waals surface area contributed by atoms with E-state index in [1.807, 2.05) is 0 Å². The van der Waals surface area contributed by atoms with Crippen LogP contribution in [0.5, 0.6) is 0 Å². The van der Waals surface area contributed by atoms with Gasteiger partial charge in [-0.2, -0.15) is 0 Å². The number of rotatable bonds is 6. The fourth-order valence-electron chi connectivity index (χ4n) is 2.12. The van der Waals surface area contributed by atoms with E-state index in [0.29, 0.717) is 0 Å². The van der Waals surface area contributed by atoms with Gasteiger partial charge >= 0.3 is 5.97 Å². The van der Waals surface area contributed by atoms with Crippen LogP contribution in [0, 0.1) is 0 Å². The van der Waals surface area contributed by atoms with Crippen molar-refractivity contribution in [2.75, 3.05) is 0 Å². The second-order valence-corrected chi connectivity index (χ2v) is 4.40. The number of hydrogen-bond acceptors (Lipinski definition) is 3. The van der Waals surface area contributed by atoms with E-state index in [-0.39, 0.29) is 18.9 Å². The summed E-state index contributed by atoms with van der Waals surface area (Å²) >= 11 is 0. The Balaban J connectivity index is 2.37. The predicted molar refractivity (Wildman–Crippen MR) is 59.9 cm³/mol. The Morgan fingerprint density at radius 1 is 1.31 bits per heavy atom. The number of hydrogen-bond donors (Lipinski definition) is 3. The van der Waals surface area contributed by atoms with Gasteiger partial charge in [-0.1, -0.05) is 19.3 Å². The van der Waals surface area contributed by atoms with Crippen LogP contribution in [0.25, 0.3) is 0 Å². The summed E-state index contributed by atoms with van der Waals surface area (Å²) in [5, 5.41) is 12.1. The third-order valence-corrected chi connectivity index (χ3v) is 3.02. The Kier molecular flexibility index (Phi) is 5.25. The topological polar surface area (TPSA) is 92.4 Å². The van der Waals surface area contributed by atoms with E-state index in [4.69, 9.17) is 10.8 Å². The van der Waals surface area contributed by atoms with Crippen molar-refractivity contribution < 1.29 is 14.7 Å². The average molecular weight is 228 g/mol. The molecule has 0 heterocycles. The molecule has 1 fully saturated rings. The van der Waals surface area contributed by atoms with Crippen LogP contribution >= 0.6 is 0 Å². The SMILES string of the molecule is NC(=O)CCC(NC1CCCCC1)C(=O)O. The fraction of sp³-hybridized carbons (Fsp3) is 0.818. The van der Waals surface area contributed by atoms with Crippen LogP contribution in [-0.4, -0.2) is 29.1 Å². The Labute approximate surface area is 95.4 Å². The van der Waals surface area contributed by atoms with Gasteiger partial charge in [-0.25, -0.2) is 0 Å². The maximum atomic E-state index is 11.0. The molecular weight excluding hydrogens is 208 g/mol. The van der Waals surface area contributed by atoms with Gasteiger partial charge in [-0.05, 0) is 19.3 Å². The summed E-state index contributed by atoms with van der Waals surface area (Å²) in [4.78, 5) is 21.6. The van der Waals surface area contributed by atoms with Crippen LogP contribution in [0.15, 0.2) is 0 Å². The highest BCUT2D eigenvalue weighted by Crippen LogP contribution is 2.18. The molecule has 0 aromatic heterocycles. The Morgan fingerprint density at radius 3 is 2.44 bits per heavy atom. The van der Waals surface area contributed by atoms with Gasteiger partial charge in [0.15, 0.2) is 0 Å². The van der Waals surface area contributed by atoms with Crippen LogP contribution in [0.1, 0.15) is 44.9 Å². The highest BCUT2D eigenvalue weighted by molar-refractivity contribution is 5.77. The first-order chi connectivity index (χ1) is 7.59. The first-order valence-electron chi connectivity index (χ1n) is 5.86. The van der Waals surface area contributed by atoms with Crippen molar-refractivity contribution in [3.05, 3.63) is 0 Å². The number of carboxylic acid groups (broad SMARTS) is 1. The minimum Gasteiger partial charge on any atom is -0.480 e. The number of carbonyl (C=O) groups is 2. The number of amides is 1. The third-order valence-electron chi connectivity index (χ3n) is 3.02. The van der Waals surface area contributed by atoms with E-state index in [0.717, 1.165) is 25.7 Å². The van der Waals surface area contributed by atoms with E-state index in [1.165, 1.54) is 6.42 Å². The van der Waals surface area contributed by atoms with Crippen molar-refractivity contribution in [3.63, 3.8) is 0 Å². The van der Waals surface area contributed by atoms with E-state index in [9.17, 15) is 9.59 Å². The molecule has 4 N–H and O–H groups in total. The van der Waals surface area contributed by atoms with Crippen LogP contribution < -0.4 is 11.1 Å². The molecule has 5 heteroatoms. The number of nitrogens with two attached hydrogens (primary N) is 1. The summed E-state index contributed by atoms with van der Waals surface area (Å²) in [6.07, 6.45) is 6.00. The second kappa shape index (κ2) is 6.48. The van der Waals surface area contributed by atoms with Crippen molar-refractivity contribution in [2.24, 2.45) is 5.73 Å². The Morgan fingerprint density at radius 2 is 1.94 bits per heavy atom. The molecule has 0 radical (unpaired) electrons. The standard InChI is InChI=1S/C11H20N2O3/c12-10(14)7-6-9(11(15)16)13-8-4-2-1-3-5-8/h8-9,13H,1-7H2,(H2,12,14)(H,15,16). The first kappa shape index (κ1) is 13.0. The summed E-state index contributed by atoms with van der Waals surface area (Å²) in [5.74, 6) is -1.34. The normalized spacial score (nSPS) is 19.2. The molecule has 1 rings (SSSR count). The molecule has 1 amide bonds. The Bertz CT molecular complexity index is 250. The van der Waals surface area contributed by atoms with E-state index >= 15 is 0 Å². The van der Waals surface area contributed by atoms with Crippen molar-refractivity contribution in [1.82, 2.24) is 5.32 Å². The molecule has 1 aliphatic rings. The van der Waals surface area contributed by atoms with Crippen LogP contribution in [0.3, 0.4) is 0 Å². The van der Waals surface area contributed by atoms with Gasteiger partial charge in [0.2, 0.25) is 5.91 Å². The lowest BCUT2D eigenvalue weighted by Gasteiger charge is -2.26. The molecule has 0 aromatic rings. The minimum absolute atomic E-state index is 0.122. The number of nitrogens with one attached hydrogen (secondary N) is 1. The minimum atomic E-state index is -0.896. The zero-order chi connectivity index (χ0) is 12.0. The van der Waals surface area contributed by atoms with Crippen molar-refractivity contribution in [3.8, 4) is 0 Å². The van der Waals surface area contributed by atoms with Crippen molar-refractivity contribution >= 4 is 11.9 Å². The predicted octanol–water partition coefficient (Wildman–Crippen LogP) is 0.627. The van der Waals surface area contributed by atoms with Gasteiger partial charge in [0.25, 0.3) is 0 Å². The summed E-state index contributed by atoms with van der Waals surface area (Å²) in [6.45, 7) is 0. The molecule has 1 atom stereocenters.